The molecule has 96 valence electrons. The highest BCUT2D eigenvalue weighted by molar-refractivity contribution is 6.02. The fourth-order valence-electron chi connectivity index (χ4n) is 2.87. The monoisotopic (exact) mass is 247 g/mol. The first kappa shape index (κ1) is 11.5. The standard InChI is InChI=1S/C14H17NO3/c1-13(2,3)18-12(17)15-8-9-7-14(9)5-4-10(16)6-11(14)15/h4-6,9H,7-8H2,1-3H3/t9-,14+/m1/s1. The van der Waals surface area contributed by atoms with Crippen molar-refractivity contribution in [1.29, 1.82) is 0 Å². The van der Waals surface area contributed by atoms with Gasteiger partial charge in [-0.2, -0.15) is 0 Å². The lowest BCUT2D eigenvalue weighted by atomic mass is 9.95. The first-order chi connectivity index (χ1) is 8.32. The van der Waals surface area contributed by atoms with Crippen molar-refractivity contribution in [2.45, 2.75) is 32.8 Å². The highest BCUT2D eigenvalue weighted by Gasteiger charge is 2.64. The molecule has 1 saturated heterocycles. The van der Waals surface area contributed by atoms with Crippen molar-refractivity contribution >= 4 is 11.9 Å². The Bertz CT molecular complexity index is 498. The molecule has 1 aliphatic heterocycles. The van der Waals surface area contributed by atoms with E-state index in [2.05, 4.69) is 0 Å². The summed E-state index contributed by atoms with van der Waals surface area (Å²) in [5, 5.41) is 0. The van der Waals surface area contributed by atoms with Crippen LogP contribution in [0.2, 0.25) is 0 Å². The summed E-state index contributed by atoms with van der Waals surface area (Å²) >= 11 is 0. The van der Waals surface area contributed by atoms with Gasteiger partial charge in [-0.3, -0.25) is 9.69 Å². The number of rotatable bonds is 0. The van der Waals surface area contributed by atoms with Gasteiger partial charge in [-0.25, -0.2) is 4.79 Å². The number of piperidine rings is 1. The predicted molar refractivity (Wildman–Crippen MR) is 65.7 cm³/mol. The Morgan fingerprint density at radius 2 is 2.22 bits per heavy atom. The third-order valence-corrected chi connectivity index (χ3v) is 3.76. The van der Waals surface area contributed by atoms with Crippen LogP contribution in [0.1, 0.15) is 27.2 Å². The number of hydrogen-bond acceptors (Lipinski definition) is 3. The number of allylic oxidation sites excluding steroid dienone is 3. The van der Waals surface area contributed by atoms with Crippen LogP contribution in [-0.2, 0) is 9.53 Å². The first-order valence-electron chi connectivity index (χ1n) is 6.28. The lowest BCUT2D eigenvalue weighted by molar-refractivity contribution is -0.110. The van der Waals surface area contributed by atoms with E-state index in [1.165, 1.54) is 0 Å². The second kappa shape index (κ2) is 3.25. The smallest absolute Gasteiger partial charge is 0.414 e. The lowest BCUT2D eigenvalue weighted by Crippen LogP contribution is -2.36. The molecule has 4 heteroatoms. The van der Waals surface area contributed by atoms with Crippen LogP contribution < -0.4 is 0 Å². The number of carbonyl (C=O) groups excluding carboxylic acids is 2. The molecule has 0 unspecified atom stereocenters. The first-order valence-corrected chi connectivity index (χ1v) is 6.28. The Labute approximate surface area is 106 Å². The van der Waals surface area contributed by atoms with Gasteiger partial charge in [-0.15, -0.1) is 0 Å². The lowest BCUT2D eigenvalue weighted by Gasteiger charge is -2.28. The van der Waals surface area contributed by atoms with Gasteiger partial charge in [0.05, 0.1) is 0 Å². The number of ether oxygens (including phenoxy) is 1. The van der Waals surface area contributed by atoms with E-state index < -0.39 is 5.60 Å². The van der Waals surface area contributed by atoms with E-state index in [9.17, 15) is 9.59 Å². The summed E-state index contributed by atoms with van der Waals surface area (Å²) < 4.78 is 5.38. The Balaban J connectivity index is 1.84. The van der Waals surface area contributed by atoms with Crippen molar-refractivity contribution in [1.82, 2.24) is 4.90 Å². The van der Waals surface area contributed by atoms with Crippen LogP contribution in [0.4, 0.5) is 4.79 Å². The van der Waals surface area contributed by atoms with Crippen molar-refractivity contribution in [2.24, 2.45) is 11.3 Å². The molecule has 1 saturated carbocycles. The molecule has 18 heavy (non-hydrogen) atoms. The molecule has 3 rings (SSSR count). The number of carbonyl (C=O) groups is 2. The highest BCUT2D eigenvalue weighted by Crippen LogP contribution is 2.65. The Morgan fingerprint density at radius 1 is 1.50 bits per heavy atom. The molecular formula is C14H17NO3. The molecule has 0 aromatic rings. The molecule has 0 radical (unpaired) electrons. The van der Waals surface area contributed by atoms with Gasteiger partial charge in [0.2, 0.25) is 0 Å². The highest BCUT2D eigenvalue weighted by atomic mass is 16.6. The van der Waals surface area contributed by atoms with E-state index in [0.717, 1.165) is 12.1 Å². The minimum absolute atomic E-state index is 0.0447. The van der Waals surface area contributed by atoms with Crippen LogP contribution in [0.15, 0.2) is 23.9 Å². The topological polar surface area (TPSA) is 46.6 Å². The third kappa shape index (κ3) is 1.59. The number of nitrogens with zero attached hydrogens (tertiary/aromatic N) is 1. The van der Waals surface area contributed by atoms with Crippen LogP contribution in [0, 0.1) is 11.3 Å². The van der Waals surface area contributed by atoms with E-state index in [1.807, 2.05) is 26.8 Å². The summed E-state index contributed by atoms with van der Waals surface area (Å²) in [6, 6.07) is 0. The van der Waals surface area contributed by atoms with Gasteiger partial charge in [0, 0.05) is 23.7 Å². The molecule has 2 fully saturated rings. The Morgan fingerprint density at radius 3 is 2.89 bits per heavy atom. The van der Waals surface area contributed by atoms with Gasteiger partial charge in [-0.1, -0.05) is 6.08 Å². The van der Waals surface area contributed by atoms with Gasteiger partial charge in [0.1, 0.15) is 5.60 Å². The third-order valence-electron chi connectivity index (χ3n) is 3.76. The zero-order valence-corrected chi connectivity index (χ0v) is 10.9. The van der Waals surface area contributed by atoms with Gasteiger partial charge in [0.15, 0.2) is 5.78 Å². The number of amides is 1. The molecule has 2 aliphatic carbocycles. The zero-order chi connectivity index (χ0) is 13.1. The van der Waals surface area contributed by atoms with Crippen molar-refractivity contribution < 1.29 is 14.3 Å². The van der Waals surface area contributed by atoms with Gasteiger partial charge in [0.25, 0.3) is 0 Å². The Kier molecular flexibility index (Phi) is 2.08. The molecule has 0 bridgehead atoms. The average Bonchev–Trinajstić information content (AvgIpc) is 2.83. The fraction of sp³-hybridized carbons (Fsp3) is 0.571. The fourth-order valence-corrected chi connectivity index (χ4v) is 2.87. The number of likely N-dealkylation sites (tertiary alicyclic amines) is 1. The van der Waals surface area contributed by atoms with Gasteiger partial charge in [-0.05, 0) is 39.2 Å². The molecule has 3 aliphatic rings. The van der Waals surface area contributed by atoms with Crippen LogP contribution >= 0.6 is 0 Å². The average molecular weight is 247 g/mol. The summed E-state index contributed by atoms with van der Waals surface area (Å²) in [6.07, 6.45) is 5.85. The SMILES string of the molecule is CC(C)(C)OC(=O)N1C[C@H]2C[C@@]23C=CC(=O)C=C13. The predicted octanol–water partition coefficient (Wildman–Crippen LogP) is 2.27. The van der Waals surface area contributed by atoms with Crippen molar-refractivity contribution in [3.8, 4) is 0 Å². The van der Waals surface area contributed by atoms with Gasteiger partial charge < -0.3 is 4.74 Å². The molecule has 4 nitrogen and oxygen atoms in total. The molecule has 2 atom stereocenters. The van der Waals surface area contributed by atoms with Crippen molar-refractivity contribution in [3.63, 3.8) is 0 Å². The van der Waals surface area contributed by atoms with Crippen molar-refractivity contribution in [3.05, 3.63) is 23.9 Å². The maximum atomic E-state index is 12.1. The molecule has 1 spiro atoms. The minimum Gasteiger partial charge on any atom is -0.443 e. The summed E-state index contributed by atoms with van der Waals surface area (Å²) in [4.78, 5) is 25.2. The molecule has 1 heterocycles. The second-order valence-corrected chi connectivity index (χ2v) is 6.30. The summed E-state index contributed by atoms with van der Waals surface area (Å²) in [7, 11) is 0. The van der Waals surface area contributed by atoms with Crippen molar-refractivity contribution in [2.75, 3.05) is 6.54 Å². The van der Waals surface area contributed by atoms with Crippen LogP contribution in [0.25, 0.3) is 0 Å². The summed E-state index contributed by atoms with van der Waals surface area (Å²) in [6.45, 7) is 6.20. The zero-order valence-electron chi connectivity index (χ0n) is 10.9. The van der Waals surface area contributed by atoms with E-state index in [0.29, 0.717) is 12.5 Å². The van der Waals surface area contributed by atoms with E-state index in [-0.39, 0.29) is 17.3 Å². The van der Waals surface area contributed by atoms with Gasteiger partial charge >= 0.3 is 6.09 Å². The largest absolute Gasteiger partial charge is 0.443 e. The van der Waals surface area contributed by atoms with Crippen LogP contribution in [-0.4, -0.2) is 28.9 Å². The van der Waals surface area contributed by atoms with E-state index >= 15 is 0 Å². The molecule has 0 aromatic heterocycles. The normalized spacial score (nSPS) is 32.8. The van der Waals surface area contributed by atoms with Crippen LogP contribution in [0.5, 0.6) is 0 Å². The minimum atomic E-state index is -0.508. The number of ketones is 1. The summed E-state index contributed by atoms with van der Waals surface area (Å²) in [5.74, 6) is 0.414. The second-order valence-electron chi connectivity index (χ2n) is 6.30. The van der Waals surface area contributed by atoms with Crippen LogP contribution in [0.3, 0.4) is 0 Å². The summed E-state index contributed by atoms with van der Waals surface area (Å²) in [5.41, 5.74) is 0.269. The quantitative estimate of drug-likeness (QED) is 0.659. The molecule has 1 amide bonds. The van der Waals surface area contributed by atoms with E-state index in [4.69, 9.17) is 4.74 Å². The molecule has 0 N–H and O–H groups in total. The molecular weight excluding hydrogens is 230 g/mol. The molecule has 0 aromatic carbocycles. The maximum Gasteiger partial charge on any atom is 0.414 e. The Hall–Kier alpha value is -1.58. The number of hydrogen-bond donors (Lipinski definition) is 0. The van der Waals surface area contributed by atoms with E-state index in [1.54, 1.807) is 17.1 Å². The maximum absolute atomic E-state index is 12.1.